The molecular formula is C16H17NO2S. The molecule has 4 heteroatoms. The molecule has 2 N–H and O–H groups in total. The van der Waals surface area contributed by atoms with Gasteiger partial charge < -0.3 is 10.4 Å². The van der Waals surface area contributed by atoms with E-state index < -0.39 is 0 Å². The van der Waals surface area contributed by atoms with Crippen LogP contribution in [-0.4, -0.2) is 11.0 Å². The van der Waals surface area contributed by atoms with Crippen LogP contribution in [0, 0.1) is 5.92 Å². The van der Waals surface area contributed by atoms with E-state index in [1.54, 1.807) is 35.6 Å². The van der Waals surface area contributed by atoms with E-state index >= 15 is 0 Å². The Bertz CT molecular complexity index is 648. The number of hydrogen-bond acceptors (Lipinski definition) is 3. The molecule has 0 saturated heterocycles. The van der Waals surface area contributed by atoms with Crippen molar-refractivity contribution in [2.45, 2.75) is 26.2 Å². The van der Waals surface area contributed by atoms with Gasteiger partial charge in [0.15, 0.2) is 0 Å². The summed E-state index contributed by atoms with van der Waals surface area (Å²) in [5, 5.41) is 12.5. The van der Waals surface area contributed by atoms with Crippen LogP contribution < -0.4 is 5.32 Å². The maximum absolute atomic E-state index is 12.3. The smallest absolute Gasteiger partial charge is 0.265 e. The zero-order chi connectivity index (χ0) is 14.1. The van der Waals surface area contributed by atoms with Gasteiger partial charge in [-0.15, -0.1) is 11.3 Å². The van der Waals surface area contributed by atoms with Crippen LogP contribution in [0.15, 0.2) is 30.3 Å². The number of aromatic hydroxyl groups is 1. The lowest BCUT2D eigenvalue weighted by Crippen LogP contribution is -2.10. The van der Waals surface area contributed by atoms with Crippen LogP contribution in [0.2, 0.25) is 0 Å². The van der Waals surface area contributed by atoms with Gasteiger partial charge in [-0.2, -0.15) is 0 Å². The Kier molecular flexibility index (Phi) is 3.49. The number of anilines is 1. The average Bonchev–Trinajstić information content (AvgIpc) is 2.84. The molecule has 1 aromatic carbocycles. The van der Waals surface area contributed by atoms with Gasteiger partial charge in [0, 0.05) is 4.88 Å². The fraction of sp³-hybridized carbons (Fsp3) is 0.312. The van der Waals surface area contributed by atoms with Crippen molar-refractivity contribution in [2.75, 3.05) is 5.32 Å². The van der Waals surface area contributed by atoms with Gasteiger partial charge in [-0.05, 0) is 48.9 Å². The summed E-state index contributed by atoms with van der Waals surface area (Å²) in [5.74, 6) is 0.653. The Balaban J connectivity index is 1.80. The highest BCUT2D eigenvalue weighted by Crippen LogP contribution is 2.33. The fourth-order valence-electron chi connectivity index (χ4n) is 2.58. The molecule has 0 saturated carbocycles. The van der Waals surface area contributed by atoms with Crippen molar-refractivity contribution in [1.29, 1.82) is 0 Å². The van der Waals surface area contributed by atoms with E-state index in [1.807, 2.05) is 6.07 Å². The lowest BCUT2D eigenvalue weighted by Gasteiger charge is -2.16. The summed E-state index contributed by atoms with van der Waals surface area (Å²) in [6.45, 7) is 2.25. The van der Waals surface area contributed by atoms with Crippen LogP contribution >= 0.6 is 11.3 Å². The molecule has 1 amide bonds. The highest BCUT2D eigenvalue weighted by atomic mass is 32.1. The zero-order valence-corrected chi connectivity index (χ0v) is 12.2. The number of aryl methyl sites for hydroxylation is 1. The number of hydrogen-bond donors (Lipinski definition) is 2. The standard InChI is InChI=1S/C16H17NO2S/c1-10-6-7-14-11(8-10)9-15(20-14)16(19)17-12-4-2-3-5-13(12)18/h2-5,9-10,18H,6-8H2,1H3,(H,17,19). The highest BCUT2D eigenvalue weighted by Gasteiger charge is 2.21. The first kappa shape index (κ1) is 13.2. The first-order valence-corrected chi connectivity index (χ1v) is 7.66. The molecule has 1 heterocycles. The van der Waals surface area contributed by atoms with Crippen LogP contribution in [-0.2, 0) is 12.8 Å². The Morgan fingerprint density at radius 2 is 2.20 bits per heavy atom. The van der Waals surface area contributed by atoms with Gasteiger partial charge in [-0.3, -0.25) is 4.79 Å². The third-order valence-electron chi connectivity index (χ3n) is 3.71. The molecule has 2 aromatic rings. The van der Waals surface area contributed by atoms with Gasteiger partial charge in [0.25, 0.3) is 5.91 Å². The van der Waals surface area contributed by atoms with Crippen molar-refractivity contribution < 1.29 is 9.90 Å². The van der Waals surface area contributed by atoms with Crippen molar-refractivity contribution in [1.82, 2.24) is 0 Å². The number of rotatable bonds is 2. The van der Waals surface area contributed by atoms with Crippen LogP contribution in [0.5, 0.6) is 5.75 Å². The molecule has 1 atom stereocenters. The summed E-state index contributed by atoms with van der Waals surface area (Å²) in [6.07, 6.45) is 3.34. The molecule has 3 nitrogen and oxygen atoms in total. The number of benzene rings is 1. The number of carbonyl (C=O) groups is 1. The lowest BCUT2D eigenvalue weighted by atomic mass is 9.90. The second-order valence-electron chi connectivity index (χ2n) is 5.38. The van der Waals surface area contributed by atoms with Crippen LogP contribution in [0.3, 0.4) is 0 Å². The number of thiophene rings is 1. The molecule has 0 spiro atoms. The maximum atomic E-state index is 12.3. The quantitative estimate of drug-likeness (QED) is 0.825. The Hall–Kier alpha value is -1.81. The van der Waals surface area contributed by atoms with Gasteiger partial charge in [-0.1, -0.05) is 19.1 Å². The molecule has 0 fully saturated rings. The number of para-hydroxylation sites is 2. The molecule has 3 rings (SSSR count). The predicted octanol–water partition coefficient (Wildman–Crippen LogP) is 3.83. The summed E-state index contributed by atoms with van der Waals surface area (Å²) in [5.41, 5.74) is 1.77. The maximum Gasteiger partial charge on any atom is 0.265 e. The summed E-state index contributed by atoms with van der Waals surface area (Å²) in [7, 11) is 0. The van der Waals surface area contributed by atoms with E-state index in [9.17, 15) is 9.90 Å². The van der Waals surface area contributed by atoms with Gasteiger partial charge in [0.05, 0.1) is 10.6 Å². The first-order valence-electron chi connectivity index (χ1n) is 6.84. The van der Waals surface area contributed by atoms with Gasteiger partial charge >= 0.3 is 0 Å². The van der Waals surface area contributed by atoms with Gasteiger partial charge in [0.1, 0.15) is 5.75 Å². The van der Waals surface area contributed by atoms with Crippen molar-refractivity contribution in [3.63, 3.8) is 0 Å². The number of fused-ring (bicyclic) bond motifs is 1. The van der Waals surface area contributed by atoms with E-state index in [4.69, 9.17) is 0 Å². The minimum absolute atomic E-state index is 0.0933. The van der Waals surface area contributed by atoms with Gasteiger partial charge in [-0.25, -0.2) is 0 Å². The van der Waals surface area contributed by atoms with Crippen molar-refractivity contribution in [2.24, 2.45) is 5.92 Å². The molecule has 1 unspecified atom stereocenters. The van der Waals surface area contributed by atoms with Gasteiger partial charge in [0.2, 0.25) is 0 Å². The van der Waals surface area contributed by atoms with Crippen molar-refractivity contribution in [3.8, 4) is 5.75 Å². The van der Waals surface area contributed by atoms with Crippen LogP contribution in [0.1, 0.15) is 33.5 Å². The molecule has 20 heavy (non-hydrogen) atoms. The number of amides is 1. The Morgan fingerprint density at radius 1 is 1.40 bits per heavy atom. The Morgan fingerprint density at radius 3 is 3.00 bits per heavy atom. The first-order chi connectivity index (χ1) is 9.63. The monoisotopic (exact) mass is 287 g/mol. The normalized spacial score (nSPS) is 17.6. The SMILES string of the molecule is CC1CCc2sc(C(=O)Nc3ccccc3O)cc2C1. The molecule has 104 valence electrons. The van der Waals surface area contributed by atoms with E-state index in [2.05, 4.69) is 12.2 Å². The van der Waals surface area contributed by atoms with E-state index in [0.717, 1.165) is 17.7 Å². The molecule has 1 aromatic heterocycles. The number of nitrogens with one attached hydrogen (secondary N) is 1. The topological polar surface area (TPSA) is 49.3 Å². The van der Waals surface area contributed by atoms with Crippen molar-refractivity contribution in [3.05, 3.63) is 45.6 Å². The lowest BCUT2D eigenvalue weighted by molar-refractivity contribution is 0.103. The number of carbonyl (C=O) groups excluding carboxylic acids is 1. The van der Waals surface area contributed by atoms with E-state index in [0.29, 0.717) is 11.6 Å². The minimum Gasteiger partial charge on any atom is -0.506 e. The molecule has 0 aliphatic heterocycles. The summed E-state index contributed by atoms with van der Waals surface area (Å²) in [6, 6.07) is 8.79. The molecular weight excluding hydrogens is 270 g/mol. The molecule has 0 bridgehead atoms. The van der Waals surface area contributed by atoms with Crippen molar-refractivity contribution >= 4 is 22.9 Å². The predicted molar refractivity (Wildman–Crippen MR) is 81.6 cm³/mol. The minimum atomic E-state index is -0.140. The van der Waals surface area contributed by atoms with E-state index in [1.165, 1.54) is 16.9 Å². The van der Waals surface area contributed by atoms with Crippen LogP contribution in [0.25, 0.3) is 0 Å². The molecule has 0 radical (unpaired) electrons. The number of phenols is 1. The largest absolute Gasteiger partial charge is 0.506 e. The molecule has 1 aliphatic rings. The highest BCUT2D eigenvalue weighted by molar-refractivity contribution is 7.14. The third-order valence-corrected chi connectivity index (χ3v) is 4.94. The van der Waals surface area contributed by atoms with Crippen LogP contribution in [0.4, 0.5) is 5.69 Å². The summed E-state index contributed by atoms with van der Waals surface area (Å²) in [4.78, 5) is 14.3. The summed E-state index contributed by atoms with van der Waals surface area (Å²) >= 11 is 1.58. The second-order valence-corrected chi connectivity index (χ2v) is 6.52. The number of phenolic OH excluding ortho intramolecular Hbond substituents is 1. The zero-order valence-electron chi connectivity index (χ0n) is 11.3. The van der Waals surface area contributed by atoms with E-state index in [-0.39, 0.29) is 11.7 Å². The summed E-state index contributed by atoms with van der Waals surface area (Å²) < 4.78 is 0. The second kappa shape index (κ2) is 5.29. The fourth-order valence-corrected chi connectivity index (χ4v) is 3.68. The average molecular weight is 287 g/mol. The third kappa shape index (κ3) is 2.56. The molecule has 1 aliphatic carbocycles. The Labute approximate surface area is 122 Å².